The van der Waals surface area contributed by atoms with Crippen LogP contribution in [0.2, 0.25) is 5.02 Å². The van der Waals surface area contributed by atoms with E-state index >= 15 is 0 Å². The highest BCUT2D eigenvalue weighted by Crippen LogP contribution is 2.44. The number of hydrogen-bond donors (Lipinski definition) is 1. The van der Waals surface area contributed by atoms with Crippen LogP contribution in [0.3, 0.4) is 0 Å². The van der Waals surface area contributed by atoms with E-state index in [1.807, 2.05) is 6.07 Å². The summed E-state index contributed by atoms with van der Waals surface area (Å²) in [5.74, 6) is -2.37. The summed E-state index contributed by atoms with van der Waals surface area (Å²) in [4.78, 5) is 23.3. The lowest BCUT2D eigenvalue weighted by Gasteiger charge is -2.29. The standard InChI is InChI=1S/C19H10ClN3O5/c20-12-6-5-9(7-13(12)23(25)26)15-11(8-21)18(22)28-17-10-3-1-2-4-14(10)27-19(24)16(15)17/h1-7,11,15,22H. The van der Waals surface area contributed by atoms with Crippen LogP contribution in [-0.4, -0.2) is 10.8 Å². The van der Waals surface area contributed by atoms with Crippen LogP contribution in [0.25, 0.3) is 11.0 Å². The molecule has 0 spiro atoms. The number of nitrogens with one attached hydrogen (secondary N) is 1. The van der Waals surface area contributed by atoms with Crippen molar-refractivity contribution in [3.05, 3.63) is 79.1 Å². The monoisotopic (exact) mass is 395 g/mol. The van der Waals surface area contributed by atoms with Gasteiger partial charge in [0, 0.05) is 12.0 Å². The van der Waals surface area contributed by atoms with Crippen LogP contribution < -0.4 is 10.4 Å². The Morgan fingerprint density at radius 1 is 1.25 bits per heavy atom. The van der Waals surface area contributed by atoms with Crippen molar-refractivity contribution in [3.63, 3.8) is 0 Å². The molecule has 3 aromatic rings. The number of nitro groups is 1. The third kappa shape index (κ3) is 2.61. The number of nitro benzene ring substituents is 1. The Balaban J connectivity index is 2.05. The first kappa shape index (κ1) is 17.7. The lowest BCUT2D eigenvalue weighted by atomic mass is 9.79. The molecular formula is C19H10ClN3O5. The average molecular weight is 396 g/mol. The van der Waals surface area contributed by atoms with Crippen molar-refractivity contribution in [1.29, 1.82) is 10.7 Å². The smallest absolute Gasteiger partial charge is 0.343 e. The molecule has 0 aliphatic carbocycles. The first-order valence-electron chi connectivity index (χ1n) is 8.08. The van der Waals surface area contributed by atoms with Crippen LogP contribution in [0, 0.1) is 32.8 Å². The number of fused-ring (bicyclic) bond motifs is 3. The average Bonchev–Trinajstić information content (AvgIpc) is 2.67. The number of benzene rings is 2. The molecule has 0 radical (unpaired) electrons. The van der Waals surface area contributed by atoms with Crippen LogP contribution in [0.15, 0.2) is 51.7 Å². The number of rotatable bonds is 2. The second-order valence-corrected chi connectivity index (χ2v) is 6.55. The van der Waals surface area contributed by atoms with Crippen molar-refractivity contribution in [3.8, 4) is 11.8 Å². The predicted octanol–water partition coefficient (Wildman–Crippen LogP) is 4.00. The van der Waals surface area contributed by atoms with Crippen molar-refractivity contribution >= 4 is 34.2 Å². The summed E-state index contributed by atoms with van der Waals surface area (Å²) in [6, 6.07) is 12.6. The molecule has 2 unspecified atom stereocenters. The van der Waals surface area contributed by atoms with E-state index in [0.29, 0.717) is 10.9 Å². The largest absolute Gasteiger partial charge is 0.441 e. The summed E-state index contributed by atoms with van der Waals surface area (Å²) in [5, 5.41) is 29.4. The molecule has 2 heterocycles. The van der Waals surface area contributed by atoms with Gasteiger partial charge >= 0.3 is 5.63 Å². The van der Waals surface area contributed by atoms with Crippen LogP contribution in [0.1, 0.15) is 17.0 Å². The molecule has 2 atom stereocenters. The SMILES string of the molecule is N#CC1C(=N)Oc2c(c(=O)oc3ccccc23)C1c1ccc(Cl)c([N+](=O)[O-])c1. The second kappa shape index (κ2) is 6.48. The zero-order chi connectivity index (χ0) is 20.0. The van der Waals surface area contributed by atoms with Gasteiger partial charge in [-0.2, -0.15) is 5.26 Å². The minimum absolute atomic E-state index is 0.0397. The summed E-state index contributed by atoms with van der Waals surface area (Å²) < 4.78 is 10.9. The summed E-state index contributed by atoms with van der Waals surface area (Å²) in [7, 11) is 0. The molecule has 1 aromatic heterocycles. The molecule has 28 heavy (non-hydrogen) atoms. The minimum Gasteiger partial charge on any atom is -0.441 e. The van der Waals surface area contributed by atoms with Crippen LogP contribution in [-0.2, 0) is 0 Å². The molecule has 1 N–H and O–H groups in total. The zero-order valence-electron chi connectivity index (χ0n) is 14.0. The van der Waals surface area contributed by atoms with Crippen LogP contribution in [0.4, 0.5) is 5.69 Å². The van der Waals surface area contributed by atoms with E-state index in [1.54, 1.807) is 24.3 Å². The van der Waals surface area contributed by atoms with Gasteiger partial charge in [0.25, 0.3) is 5.69 Å². The Hall–Kier alpha value is -3.70. The van der Waals surface area contributed by atoms with Gasteiger partial charge in [-0.25, -0.2) is 4.79 Å². The molecule has 0 saturated carbocycles. The van der Waals surface area contributed by atoms with Crippen molar-refractivity contribution in [2.75, 3.05) is 0 Å². The third-order valence-electron chi connectivity index (χ3n) is 4.60. The first-order valence-corrected chi connectivity index (χ1v) is 8.45. The lowest BCUT2D eigenvalue weighted by molar-refractivity contribution is -0.384. The number of halogens is 1. The number of hydrogen-bond acceptors (Lipinski definition) is 7. The normalized spacial score (nSPS) is 18.2. The Bertz CT molecular complexity index is 1260. The molecule has 9 heteroatoms. The van der Waals surface area contributed by atoms with Gasteiger partial charge in [0.05, 0.1) is 21.9 Å². The maximum atomic E-state index is 12.7. The van der Waals surface area contributed by atoms with E-state index in [0.717, 1.165) is 0 Å². The summed E-state index contributed by atoms with van der Waals surface area (Å²) >= 11 is 5.88. The van der Waals surface area contributed by atoms with Gasteiger partial charge in [-0.3, -0.25) is 15.5 Å². The van der Waals surface area contributed by atoms with E-state index < -0.39 is 22.4 Å². The van der Waals surface area contributed by atoms with Gasteiger partial charge in [-0.15, -0.1) is 0 Å². The molecule has 8 nitrogen and oxygen atoms in total. The van der Waals surface area contributed by atoms with Crippen LogP contribution >= 0.6 is 11.6 Å². The van der Waals surface area contributed by atoms with Gasteiger partial charge in [0.2, 0.25) is 5.90 Å². The molecular weight excluding hydrogens is 386 g/mol. The maximum absolute atomic E-state index is 12.7. The van der Waals surface area contributed by atoms with Crippen molar-refractivity contribution in [1.82, 2.24) is 0 Å². The molecule has 2 aromatic carbocycles. The van der Waals surface area contributed by atoms with Gasteiger partial charge in [0.15, 0.2) is 5.75 Å². The van der Waals surface area contributed by atoms with Gasteiger partial charge < -0.3 is 9.15 Å². The van der Waals surface area contributed by atoms with Gasteiger partial charge in [-0.05, 0) is 23.8 Å². The molecule has 0 amide bonds. The molecule has 1 aliphatic rings. The molecule has 138 valence electrons. The first-order chi connectivity index (χ1) is 13.4. The summed E-state index contributed by atoms with van der Waals surface area (Å²) in [5.41, 5.74) is -0.489. The van der Waals surface area contributed by atoms with E-state index in [-0.39, 0.29) is 33.5 Å². The quantitative estimate of drug-likeness (QED) is 0.396. The van der Waals surface area contributed by atoms with E-state index in [2.05, 4.69) is 0 Å². The number of ether oxygens (including phenoxy) is 1. The van der Waals surface area contributed by atoms with Crippen LogP contribution in [0.5, 0.6) is 5.75 Å². The van der Waals surface area contributed by atoms with Crippen molar-refractivity contribution < 1.29 is 14.1 Å². The van der Waals surface area contributed by atoms with E-state index in [9.17, 15) is 20.2 Å². The van der Waals surface area contributed by atoms with E-state index in [1.165, 1.54) is 18.2 Å². The second-order valence-electron chi connectivity index (χ2n) is 6.15. The Morgan fingerprint density at radius 3 is 2.71 bits per heavy atom. The summed E-state index contributed by atoms with van der Waals surface area (Å²) in [6.07, 6.45) is 0. The number of nitriles is 1. The zero-order valence-corrected chi connectivity index (χ0v) is 14.8. The van der Waals surface area contributed by atoms with Crippen molar-refractivity contribution in [2.45, 2.75) is 5.92 Å². The molecule has 1 aliphatic heterocycles. The molecule has 0 bridgehead atoms. The molecule has 4 rings (SSSR count). The fourth-order valence-corrected chi connectivity index (χ4v) is 3.55. The van der Waals surface area contributed by atoms with Gasteiger partial charge in [0.1, 0.15) is 16.5 Å². The van der Waals surface area contributed by atoms with E-state index in [4.69, 9.17) is 26.2 Å². The summed E-state index contributed by atoms with van der Waals surface area (Å²) in [6.45, 7) is 0. The maximum Gasteiger partial charge on any atom is 0.343 e. The Morgan fingerprint density at radius 2 is 2.00 bits per heavy atom. The molecule has 0 saturated heterocycles. The Labute approximate surface area is 162 Å². The predicted molar refractivity (Wildman–Crippen MR) is 99.9 cm³/mol. The lowest BCUT2D eigenvalue weighted by Crippen LogP contribution is -2.34. The topological polar surface area (TPSA) is 130 Å². The number of para-hydroxylation sites is 1. The highest BCUT2D eigenvalue weighted by molar-refractivity contribution is 6.32. The minimum atomic E-state index is -1.16. The number of nitrogens with zero attached hydrogens (tertiary/aromatic N) is 2. The highest BCUT2D eigenvalue weighted by atomic mass is 35.5. The fourth-order valence-electron chi connectivity index (χ4n) is 3.36. The van der Waals surface area contributed by atoms with Crippen molar-refractivity contribution in [2.24, 2.45) is 5.92 Å². The van der Waals surface area contributed by atoms with Gasteiger partial charge in [-0.1, -0.05) is 29.8 Å². The molecule has 0 fully saturated rings. The fraction of sp³-hybridized carbons (Fsp3) is 0.105. The highest BCUT2D eigenvalue weighted by Gasteiger charge is 2.41. The third-order valence-corrected chi connectivity index (χ3v) is 4.92. The Kier molecular flexibility index (Phi) is 4.09.